The van der Waals surface area contributed by atoms with Crippen LogP contribution in [0.25, 0.3) is 0 Å². The molecule has 1 aromatic heterocycles. The summed E-state index contributed by atoms with van der Waals surface area (Å²) in [5, 5.41) is 0. The molecule has 0 atom stereocenters. The van der Waals surface area contributed by atoms with Crippen molar-refractivity contribution >= 4 is 37.3 Å². The molecule has 0 aliphatic carbocycles. The predicted octanol–water partition coefficient (Wildman–Crippen LogP) is 3.22. The van der Waals surface area contributed by atoms with Crippen molar-refractivity contribution in [1.82, 2.24) is 9.62 Å². The van der Waals surface area contributed by atoms with Crippen LogP contribution in [0.4, 0.5) is 0 Å². The molecule has 1 heterocycles. The number of nitrogens with one attached hydrogen (secondary N) is 1. The summed E-state index contributed by atoms with van der Waals surface area (Å²) in [5.74, 6) is 0. The molecule has 1 rings (SSSR count). The Labute approximate surface area is 134 Å². The van der Waals surface area contributed by atoms with Gasteiger partial charge in [-0.1, -0.05) is 0 Å². The van der Waals surface area contributed by atoms with Crippen molar-refractivity contribution in [2.24, 2.45) is 0 Å². The molecular formula is C13H23BrN2O2S2. The highest BCUT2D eigenvalue weighted by molar-refractivity contribution is 9.11. The zero-order chi connectivity index (χ0) is 15.3. The fourth-order valence-electron chi connectivity index (χ4n) is 1.59. The number of rotatable bonds is 8. The first-order chi connectivity index (χ1) is 9.24. The van der Waals surface area contributed by atoms with Crippen molar-refractivity contribution in [2.75, 3.05) is 20.1 Å². The molecule has 0 radical (unpaired) electrons. The monoisotopic (exact) mass is 382 g/mol. The second-order valence-corrected chi connectivity index (χ2v) is 9.57. The topological polar surface area (TPSA) is 49.4 Å². The highest BCUT2D eigenvalue weighted by Crippen LogP contribution is 2.30. The second-order valence-electron chi connectivity index (χ2n) is 5.20. The minimum Gasteiger partial charge on any atom is -0.304 e. The van der Waals surface area contributed by atoms with Gasteiger partial charge in [0.25, 0.3) is 0 Å². The van der Waals surface area contributed by atoms with Crippen molar-refractivity contribution in [3.63, 3.8) is 0 Å². The molecule has 0 saturated heterocycles. The van der Waals surface area contributed by atoms with Crippen molar-refractivity contribution < 1.29 is 8.42 Å². The Morgan fingerprint density at radius 1 is 1.40 bits per heavy atom. The zero-order valence-electron chi connectivity index (χ0n) is 12.4. The fourth-order valence-corrected chi connectivity index (χ4v) is 4.93. The van der Waals surface area contributed by atoms with E-state index in [-0.39, 0.29) is 0 Å². The molecule has 4 nitrogen and oxygen atoms in total. The van der Waals surface area contributed by atoms with Gasteiger partial charge in [-0.25, -0.2) is 13.1 Å². The van der Waals surface area contributed by atoms with Gasteiger partial charge in [0.05, 0.1) is 3.79 Å². The van der Waals surface area contributed by atoms with Gasteiger partial charge < -0.3 is 4.90 Å². The van der Waals surface area contributed by atoms with Crippen molar-refractivity contribution in [1.29, 1.82) is 0 Å². The molecule has 20 heavy (non-hydrogen) atoms. The summed E-state index contributed by atoms with van der Waals surface area (Å²) >= 11 is 4.60. The molecule has 0 unspecified atom stereocenters. The molecule has 0 saturated carbocycles. The van der Waals surface area contributed by atoms with Gasteiger partial charge in [-0.3, -0.25) is 0 Å². The van der Waals surface area contributed by atoms with Crippen LogP contribution in [0.5, 0.6) is 0 Å². The van der Waals surface area contributed by atoms with E-state index in [4.69, 9.17) is 0 Å². The Hall–Kier alpha value is 0.0500. The Morgan fingerprint density at radius 3 is 2.55 bits per heavy atom. The lowest BCUT2D eigenvalue weighted by Crippen LogP contribution is -2.28. The van der Waals surface area contributed by atoms with Gasteiger partial charge in [-0.2, -0.15) is 0 Å². The lowest BCUT2D eigenvalue weighted by molar-refractivity contribution is 0.268. The van der Waals surface area contributed by atoms with Crippen LogP contribution in [-0.2, 0) is 10.0 Å². The van der Waals surface area contributed by atoms with Crippen LogP contribution in [-0.4, -0.2) is 39.5 Å². The van der Waals surface area contributed by atoms with Gasteiger partial charge in [0, 0.05) is 12.6 Å². The third-order valence-electron chi connectivity index (χ3n) is 3.21. The van der Waals surface area contributed by atoms with Gasteiger partial charge in [-0.05, 0) is 74.8 Å². The van der Waals surface area contributed by atoms with E-state index < -0.39 is 10.0 Å². The first kappa shape index (κ1) is 18.1. The standard InChI is InChI=1S/C13H23BrN2O2S2/c1-10(2)16(4)8-6-5-7-15-20(17,18)12-9-11(3)13(14)19-12/h9-10,15H,5-8H2,1-4H3. The molecule has 0 aromatic carbocycles. The average molecular weight is 383 g/mol. The molecule has 0 amide bonds. The first-order valence-corrected chi connectivity index (χ1v) is 9.79. The quantitative estimate of drug-likeness (QED) is 0.702. The Balaban J connectivity index is 2.38. The zero-order valence-corrected chi connectivity index (χ0v) is 15.7. The van der Waals surface area contributed by atoms with Crippen LogP contribution in [0.3, 0.4) is 0 Å². The van der Waals surface area contributed by atoms with Crippen molar-refractivity contribution in [3.05, 3.63) is 15.4 Å². The highest BCUT2D eigenvalue weighted by atomic mass is 79.9. The number of halogens is 1. The lowest BCUT2D eigenvalue weighted by atomic mass is 10.2. The molecule has 1 aromatic rings. The van der Waals surface area contributed by atoms with Crippen LogP contribution in [0.1, 0.15) is 32.3 Å². The minimum atomic E-state index is -3.35. The second kappa shape index (κ2) is 7.89. The van der Waals surface area contributed by atoms with Gasteiger partial charge in [0.15, 0.2) is 0 Å². The van der Waals surface area contributed by atoms with E-state index in [0.29, 0.717) is 16.8 Å². The maximum absolute atomic E-state index is 12.1. The fraction of sp³-hybridized carbons (Fsp3) is 0.692. The van der Waals surface area contributed by atoms with E-state index in [9.17, 15) is 8.42 Å². The van der Waals surface area contributed by atoms with Gasteiger partial charge in [-0.15, -0.1) is 11.3 Å². The molecule has 1 N–H and O–H groups in total. The summed E-state index contributed by atoms with van der Waals surface area (Å²) in [5.41, 5.74) is 0.953. The van der Waals surface area contributed by atoms with E-state index in [2.05, 4.69) is 46.4 Å². The summed E-state index contributed by atoms with van der Waals surface area (Å²) in [6, 6.07) is 2.22. The normalized spacial score (nSPS) is 12.6. The number of sulfonamides is 1. The Bertz CT molecular complexity index is 507. The van der Waals surface area contributed by atoms with E-state index in [1.165, 1.54) is 11.3 Å². The van der Waals surface area contributed by atoms with Crippen LogP contribution < -0.4 is 4.72 Å². The smallest absolute Gasteiger partial charge is 0.250 e. The molecule has 0 fully saturated rings. The maximum atomic E-state index is 12.1. The van der Waals surface area contributed by atoms with E-state index in [1.807, 2.05) is 6.92 Å². The van der Waals surface area contributed by atoms with Gasteiger partial charge >= 0.3 is 0 Å². The van der Waals surface area contributed by atoms with E-state index in [0.717, 1.165) is 28.7 Å². The van der Waals surface area contributed by atoms with Crippen molar-refractivity contribution in [2.45, 2.75) is 43.9 Å². The number of nitrogens with zero attached hydrogens (tertiary/aromatic N) is 1. The van der Waals surface area contributed by atoms with Gasteiger partial charge in [0.2, 0.25) is 10.0 Å². The van der Waals surface area contributed by atoms with E-state index in [1.54, 1.807) is 6.07 Å². The van der Waals surface area contributed by atoms with E-state index >= 15 is 0 Å². The van der Waals surface area contributed by atoms with Crippen LogP contribution in [0.2, 0.25) is 0 Å². The molecule has 0 aliphatic heterocycles. The summed E-state index contributed by atoms with van der Waals surface area (Å²) in [6.07, 6.45) is 1.84. The van der Waals surface area contributed by atoms with Crippen LogP contribution in [0.15, 0.2) is 14.1 Å². The maximum Gasteiger partial charge on any atom is 0.250 e. The largest absolute Gasteiger partial charge is 0.304 e. The highest BCUT2D eigenvalue weighted by Gasteiger charge is 2.17. The Morgan fingerprint density at radius 2 is 2.05 bits per heavy atom. The third kappa shape index (κ3) is 5.44. The summed E-state index contributed by atoms with van der Waals surface area (Å²) < 4.78 is 28.1. The summed E-state index contributed by atoms with van der Waals surface area (Å²) in [4.78, 5) is 2.26. The first-order valence-electron chi connectivity index (χ1n) is 6.70. The molecule has 0 spiro atoms. The number of thiophene rings is 1. The summed E-state index contributed by atoms with van der Waals surface area (Å²) in [6.45, 7) is 7.67. The Kier molecular flexibility index (Phi) is 7.14. The van der Waals surface area contributed by atoms with Crippen LogP contribution >= 0.6 is 27.3 Å². The SMILES string of the molecule is Cc1cc(S(=O)(=O)NCCCCN(C)C(C)C)sc1Br. The number of hydrogen-bond donors (Lipinski definition) is 1. The predicted molar refractivity (Wildman–Crippen MR) is 88.9 cm³/mol. The molecular weight excluding hydrogens is 360 g/mol. The minimum absolute atomic E-state index is 0.376. The third-order valence-corrected chi connectivity index (χ3v) is 7.28. The molecule has 0 bridgehead atoms. The number of hydrogen-bond acceptors (Lipinski definition) is 4. The number of aryl methyl sites for hydroxylation is 1. The summed E-state index contributed by atoms with van der Waals surface area (Å²) in [7, 11) is -1.27. The number of unbranched alkanes of at least 4 members (excludes halogenated alkanes) is 1. The molecule has 7 heteroatoms. The molecule has 116 valence electrons. The average Bonchev–Trinajstić information content (AvgIpc) is 2.69. The van der Waals surface area contributed by atoms with Gasteiger partial charge in [0.1, 0.15) is 4.21 Å². The molecule has 0 aliphatic rings. The lowest BCUT2D eigenvalue weighted by Gasteiger charge is -2.20. The van der Waals surface area contributed by atoms with Crippen LogP contribution in [0, 0.1) is 6.92 Å². The van der Waals surface area contributed by atoms with Crippen molar-refractivity contribution in [3.8, 4) is 0 Å².